The van der Waals surface area contributed by atoms with Crippen molar-refractivity contribution in [3.63, 3.8) is 0 Å². The average Bonchev–Trinajstić information content (AvgIpc) is 2.89. The van der Waals surface area contributed by atoms with Gasteiger partial charge in [0.25, 0.3) is 0 Å². The first-order valence-corrected chi connectivity index (χ1v) is 7.33. The lowest BCUT2D eigenvalue weighted by molar-refractivity contribution is 0.371. The fourth-order valence-corrected chi connectivity index (χ4v) is 4.08. The van der Waals surface area contributed by atoms with E-state index in [2.05, 4.69) is 30.1 Å². The van der Waals surface area contributed by atoms with Crippen molar-refractivity contribution in [2.45, 2.75) is 49.9 Å². The molecule has 3 heteroatoms. The second-order valence-corrected chi connectivity index (χ2v) is 6.37. The van der Waals surface area contributed by atoms with Crippen LogP contribution in [-0.2, 0) is 6.42 Å². The normalized spacial score (nSPS) is 33.9. The number of fused-ring (bicyclic) bond motifs is 1. The van der Waals surface area contributed by atoms with E-state index in [9.17, 15) is 0 Å². The number of furan rings is 1. The first-order valence-electron chi connectivity index (χ1n) is 6.28. The molecule has 1 aliphatic carbocycles. The second kappa shape index (κ2) is 4.46. The van der Waals surface area contributed by atoms with Crippen LogP contribution in [0.2, 0.25) is 0 Å². The summed E-state index contributed by atoms with van der Waals surface area (Å²) in [5, 5.41) is 4.59. The van der Waals surface area contributed by atoms with Crippen LogP contribution >= 0.6 is 11.8 Å². The summed E-state index contributed by atoms with van der Waals surface area (Å²) in [5.74, 6) is 2.52. The Morgan fingerprint density at radius 1 is 1.44 bits per heavy atom. The van der Waals surface area contributed by atoms with Crippen LogP contribution in [0.3, 0.4) is 0 Å². The predicted molar refractivity (Wildman–Crippen MR) is 67.8 cm³/mol. The molecule has 3 unspecified atom stereocenters. The van der Waals surface area contributed by atoms with Gasteiger partial charge in [-0.25, -0.2) is 0 Å². The van der Waals surface area contributed by atoms with Gasteiger partial charge in [-0.3, -0.25) is 0 Å². The van der Waals surface area contributed by atoms with Crippen molar-refractivity contribution in [1.82, 2.24) is 5.32 Å². The molecule has 2 aliphatic rings. The van der Waals surface area contributed by atoms with E-state index >= 15 is 0 Å². The molecule has 1 saturated heterocycles. The summed E-state index contributed by atoms with van der Waals surface area (Å²) in [6, 6.07) is 3.38. The molecule has 2 nitrogen and oxygen atoms in total. The second-order valence-electron chi connectivity index (χ2n) is 4.88. The highest BCUT2D eigenvalue weighted by Gasteiger charge is 2.29. The van der Waals surface area contributed by atoms with E-state index in [1.165, 1.54) is 36.3 Å². The fourth-order valence-electron chi connectivity index (χ4n) is 2.87. The molecule has 0 spiro atoms. The molecular formula is C13H19NOS. The van der Waals surface area contributed by atoms with E-state index in [-0.39, 0.29) is 0 Å². The van der Waals surface area contributed by atoms with Crippen LogP contribution < -0.4 is 5.32 Å². The average molecular weight is 237 g/mol. The van der Waals surface area contributed by atoms with Gasteiger partial charge < -0.3 is 9.73 Å². The number of hydrogen-bond donors (Lipinski definition) is 1. The highest BCUT2D eigenvalue weighted by Crippen LogP contribution is 2.34. The van der Waals surface area contributed by atoms with Crippen LogP contribution in [0.25, 0.3) is 0 Å². The lowest BCUT2D eigenvalue weighted by Gasteiger charge is -2.27. The Morgan fingerprint density at radius 2 is 2.38 bits per heavy atom. The van der Waals surface area contributed by atoms with Crippen molar-refractivity contribution in [2.75, 3.05) is 5.75 Å². The Labute approximate surface area is 101 Å². The molecule has 88 valence electrons. The van der Waals surface area contributed by atoms with Gasteiger partial charge >= 0.3 is 0 Å². The minimum Gasteiger partial charge on any atom is -0.469 e. The Bertz CT molecular complexity index is 363. The van der Waals surface area contributed by atoms with E-state index in [1.54, 1.807) is 0 Å². The highest BCUT2D eigenvalue weighted by molar-refractivity contribution is 8.00. The summed E-state index contributed by atoms with van der Waals surface area (Å²) < 4.78 is 5.53. The zero-order chi connectivity index (χ0) is 11.0. The van der Waals surface area contributed by atoms with Crippen molar-refractivity contribution < 1.29 is 4.42 Å². The largest absolute Gasteiger partial charge is 0.469 e. The maximum absolute atomic E-state index is 5.53. The van der Waals surface area contributed by atoms with Gasteiger partial charge in [-0.2, -0.15) is 11.8 Å². The Kier molecular flexibility index (Phi) is 2.99. The van der Waals surface area contributed by atoms with Gasteiger partial charge in [-0.1, -0.05) is 6.92 Å². The Balaban J connectivity index is 1.72. The molecule has 0 amide bonds. The summed E-state index contributed by atoms with van der Waals surface area (Å²) >= 11 is 2.09. The van der Waals surface area contributed by atoms with Crippen molar-refractivity contribution in [3.05, 3.63) is 23.7 Å². The molecule has 3 rings (SSSR count). The summed E-state index contributed by atoms with van der Waals surface area (Å²) in [4.78, 5) is 0. The number of aryl methyl sites for hydroxylation is 1. The first kappa shape index (κ1) is 10.7. The number of rotatable bonds is 2. The van der Waals surface area contributed by atoms with Gasteiger partial charge in [0, 0.05) is 29.3 Å². The molecule has 0 aromatic carbocycles. The molecule has 0 bridgehead atoms. The number of nitrogens with one attached hydrogen (secondary N) is 1. The summed E-state index contributed by atoms with van der Waals surface area (Å²) in [5.41, 5.74) is 1.41. The molecular weight excluding hydrogens is 218 g/mol. The molecule has 0 saturated carbocycles. The molecule has 1 aromatic rings. The standard InChI is InChI=1S/C13H19NOS/c1-9-11(6-8-16-9)14-12-3-2-4-13-10(12)5-7-15-13/h5,7,9,11-12,14H,2-4,6,8H2,1H3. The van der Waals surface area contributed by atoms with Crippen LogP contribution in [0.4, 0.5) is 0 Å². The van der Waals surface area contributed by atoms with E-state index in [1.807, 2.05) is 6.26 Å². The lowest BCUT2D eigenvalue weighted by atomic mass is 9.92. The van der Waals surface area contributed by atoms with Crippen LogP contribution in [0, 0.1) is 0 Å². The Hall–Kier alpha value is -0.410. The van der Waals surface area contributed by atoms with Gasteiger partial charge in [0.05, 0.1) is 6.26 Å². The van der Waals surface area contributed by atoms with Gasteiger partial charge in [0.2, 0.25) is 0 Å². The van der Waals surface area contributed by atoms with Crippen molar-refractivity contribution in [3.8, 4) is 0 Å². The zero-order valence-corrected chi connectivity index (χ0v) is 10.6. The zero-order valence-electron chi connectivity index (χ0n) is 9.74. The van der Waals surface area contributed by atoms with E-state index < -0.39 is 0 Å². The van der Waals surface area contributed by atoms with E-state index in [0.29, 0.717) is 12.1 Å². The third-order valence-electron chi connectivity index (χ3n) is 3.84. The highest BCUT2D eigenvalue weighted by atomic mass is 32.2. The van der Waals surface area contributed by atoms with E-state index in [0.717, 1.165) is 11.7 Å². The maximum Gasteiger partial charge on any atom is 0.108 e. The molecule has 1 fully saturated rings. The fraction of sp³-hybridized carbons (Fsp3) is 0.692. The third kappa shape index (κ3) is 1.91. The molecule has 1 N–H and O–H groups in total. The maximum atomic E-state index is 5.53. The number of hydrogen-bond acceptors (Lipinski definition) is 3. The summed E-state index contributed by atoms with van der Waals surface area (Å²) in [7, 11) is 0. The molecule has 2 heterocycles. The molecule has 1 aliphatic heterocycles. The summed E-state index contributed by atoms with van der Waals surface area (Å²) in [6.07, 6.45) is 6.80. The van der Waals surface area contributed by atoms with Crippen molar-refractivity contribution in [1.29, 1.82) is 0 Å². The molecule has 0 radical (unpaired) electrons. The molecule has 16 heavy (non-hydrogen) atoms. The van der Waals surface area contributed by atoms with Crippen LogP contribution in [-0.4, -0.2) is 17.0 Å². The lowest BCUT2D eigenvalue weighted by Crippen LogP contribution is -2.37. The monoisotopic (exact) mass is 237 g/mol. The van der Waals surface area contributed by atoms with Crippen LogP contribution in [0.15, 0.2) is 16.7 Å². The number of thioether (sulfide) groups is 1. The smallest absolute Gasteiger partial charge is 0.108 e. The van der Waals surface area contributed by atoms with Crippen molar-refractivity contribution in [2.24, 2.45) is 0 Å². The minimum absolute atomic E-state index is 0.536. The van der Waals surface area contributed by atoms with Gasteiger partial charge in [0.1, 0.15) is 5.76 Å². The van der Waals surface area contributed by atoms with Gasteiger partial charge in [0.15, 0.2) is 0 Å². The van der Waals surface area contributed by atoms with E-state index in [4.69, 9.17) is 4.42 Å². The Morgan fingerprint density at radius 3 is 3.19 bits per heavy atom. The summed E-state index contributed by atoms with van der Waals surface area (Å²) in [6.45, 7) is 2.34. The SMILES string of the molecule is CC1SCCC1NC1CCCc2occc21. The van der Waals surface area contributed by atoms with Crippen LogP contribution in [0.5, 0.6) is 0 Å². The van der Waals surface area contributed by atoms with Gasteiger partial charge in [-0.15, -0.1) is 0 Å². The predicted octanol–water partition coefficient (Wildman–Crippen LogP) is 3.14. The first-order chi connectivity index (χ1) is 7.84. The van der Waals surface area contributed by atoms with Crippen LogP contribution in [0.1, 0.15) is 43.6 Å². The topological polar surface area (TPSA) is 25.2 Å². The molecule has 1 aromatic heterocycles. The van der Waals surface area contributed by atoms with Crippen molar-refractivity contribution >= 4 is 11.8 Å². The third-order valence-corrected chi connectivity index (χ3v) is 5.17. The molecule has 3 atom stereocenters. The minimum atomic E-state index is 0.536. The van der Waals surface area contributed by atoms with Gasteiger partial charge in [-0.05, 0) is 31.1 Å². The quantitative estimate of drug-likeness (QED) is 0.855.